The van der Waals surface area contributed by atoms with Gasteiger partial charge in [0.15, 0.2) is 0 Å². The van der Waals surface area contributed by atoms with Crippen LogP contribution in [0, 0.1) is 12.8 Å². The average Bonchev–Trinajstić information content (AvgIpc) is 3.45. The van der Waals surface area contributed by atoms with Gasteiger partial charge in [-0.3, -0.25) is 4.39 Å². The van der Waals surface area contributed by atoms with Crippen LogP contribution in [0.2, 0.25) is 0 Å². The number of hydrogen-bond donors (Lipinski definition) is 1. The van der Waals surface area contributed by atoms with E-state index in [1.165, 1.54) is 62.6 Å². The highest BCUT2D eigenvalue weighted by Gasteiger charge is 2.37. The third-order valence-corrected chi connectivity index (χ3v) is 5.99. The van der Waals surface area contributed by atoms with Crippen LogP contribution >= 0.6 is 0 Å². The highest BCUT2D eigenvalue weighted by atomic mass is 19.1. The largest absolute Gasteiger partial charge is 0.316 e. The smallest absolute Gasteiger partial charge is 0.0785 e. The molecule has 1 aromatic rings. The number of hydrogen-bond acceptors (Lipinski definition) is 1. The van der Waals surface area contributed by atoms with E-state index in [1.807, 2.05) is 0 Å². The van der Waals surface area contributed by atoms with Gasteiger partial charge in [0.25, 0.3) is 0 Å². The lowest BCUT2D eigenvalue weighted by atomic mass is 9.63. The van der Waals surface area contributed by atoms with E-state index in [9.17, 15) is 4.39 Å². The molecule has 140 valence electrons. The summed E-state index contributed by atoms with van der Waals surface area (Å²) in [5.41, 5.74) is 6.50. The molecule has 0 heterocycles. The predicted molar refractivity (Wildman–Crippen MR) is 107 cm³/mol. The Labute approximate surface area is 154 Å². The summed E-state index contributed by atoms with van der Waals surface area (Å²) in [5, 5.41) is 3.73. The first-order chi connectivity index (χ1) is 12.1. The molecule has 1 saturated carbocycles. The highest BCUT2D eigenvalue weighted by molar-refractivity contribution is 5.43. The fourth-order valence-corrected chi connectivity index (χ4v) is 4.51. The summed E-state index contributed by atoms with van der Waals surface area (Å²) in [7, 11) is 0.500. The molecule has 0 spiro atoms. The van der Waals surface area contributed by atoms with Crippen molar-refractivity contribution in [2.45, 2.75) is 70.6 Å². The molecule has 3 rings (SSSR count). The fraction of sp³-hybridized carbons (Fsp3) is 0.652. The summed E-state index contributed by atoms with van der Waals surface area (Å²) in [4.78, 5) is 0. The van der Waals surface area contributed by atoms with Crippen LogP contribution in [-0.2, 0) is 11.8 Å². The molecule has 2 aliphatic carbocycles. The second-order valence-electron chi connectivity index (χ2n) is 7.92. The standard InChI is InChI=1S/C22H33N.CH3F/c1-4-17(2)15-22(13-14-23-16-19-10-11-19)12-6-9-20-8-5-7-18(3)21(20)22;1-2/h5,7-8,19,23H,2,4,6,9-16H2,1,3H3;1H3/t22-;/m0./s1. The maximum absolute atomic E-state index is 9.50. The zero-order valence-electron chi connectivity index (χ0n) is 16.5. The van der Waals surface area contributed by atoms with Gasteiger partial charge in [-0.05, 0) is 94.0 Å². The summed E-state index contributed by atoms with van der Waals surface area (Å²) in [5.74, 6) is 0.969. The van der Waals surface area contributed by atoms with Gasteiger partial charge in [0, 0.05) is 5.41 Å². The Hall–Kier alpha value is -1.15. The van der Waals surface area contributed by atoms with E-state index in [0.717, 1.165) is 18.9 Å². The van der Waals surface area contributed by atoms with Crippen LogP contribution in [0.4, 0.5) is 4.39 Å². The van der Waals surface area contributed by atoms with Crippen molar-refractivity contribution in [3.63, 3.8) is 0 Å². The van der Waals surface area contributed by atoms with Crippen LogP contribution in [-0.4, -0.2) is 20.3 Å². The van der Waals surface area contributed by atoms with Crippen LogP contribution in [0.15, 0.2) is 30.4 Å². The van der Waals surface area contributed by atoms with Crippen molar-refractivity contribution in [2.75, 3.05) is 20.3 Å². The van der Waals surface area contributed by atoms with Crippen LogP contribution < -0.4 is 5.32 Å². The van der Waals surface area contributed by atoms with E-state index in [4.69, 9.17) is 0 Å². The molecule has 0 aromatic heterocycles. The first kappa shape index (κ1) is 20.2. The molecule has 0 saturated heterocycles. The molecule has 1 N–H and O–H groups in total. The lowest BCUT2D eigenvalue weighted by Gasteiger charge is -2.41. The normalized spacial score (nSPS) is 21.9. The van der Waals surface area contributed by atoms with Crippen molar-refractivity contribution < 1.29 is 4.39 Å². The average molecular weight is 346 g/mol. The number of allylic oxidation sites excluding steroid dienone is 1. The lowest BCUT2D eigenvalue weighted by Crippen LogP contribution is -2.36. The Morgan fingerprint density at radius 3 is 2.76 bits per heavy atom. The summed E-state index contributed by atoms with van der Waals surface area (Å²) in [6, 6.07) is 6.91. The number of alkyl halides is 1. The topological polar surface area (TPSA) is 12.0 Å². The fourth-order valence-electron chi connectivity index (χ4n) is 4.51. The van der Waals surface area contributed by atoms with Crippen molar-refractivity contribution in [1.29, 1.82) is 0 Å². The van der Waals surface area contributed by atoms with E-state index in [2.05, 4.69) is 43.9 Å². The van der Waals surface area contributed by atoms with Crippen molar-refractivity contribution >= 4 is 0 Å². The van der Waals surface area contributed by atoms with E-state index in [1.54, 1.807) is 11.1 Å². The van der Waals surface area contributed by atoms with Gasteiger partial charge in [-0.1, -0.05) is 37.3 Å². The van der Waals surface area contributed by atoms with Crippen LogP contribution in [0.1, 0.15) is 68.6 Å². The van der Waals surface area contributed by atoms with E-state index in [-0.39, 0.29) is 0 Å². The third kappa shape index (κ3) is 5.17. The van der Waals surface area contributed by atoms with Gasteiger partial charge >= 0.3 is 0 Å². The van der Waals surface area contributed by atoms with E-state index in [0.29, 0.717) is 12.6 Å². The predicted octanol–water partition coefficient (Wildman–Crippen LogP) is 5.90. The maximum Gasteiger partial charge on any atom is 0.0785 e. The molecule has 2 aliphatic rings. The Balaban J connectivity index is 0.00000109. The monoisotopic (exact) mass is 345 g/mol. The van der Waals surface area contributed by atoms with Gasteiger partial charge in [-0.25, -0.2) is 0 Å². The Bertz CT molecular complexity index is 561. The number of aryl methyl sites for hydroxylation is 2. The Kier molecular flexibility index (Phi) is 7.68. The highest BCUT2D eigenvalue weighted by Crippen LogP contribution is 2.46. The summed E-state index contributed by atoms with van der Waals surface area (Å²) >= 11 is 0. The molecule has 0 amide bonds. The first-order valence-corrected chi connectivity index (χ1v) is 9.99. The minimum atomic E-state index is 0.322. The quantitative estimate of drug-likeness (QED) is 0.457. The van der Waals surface area contributed by atoms with Crippen molar-refractivity contribution in [2.24, 2.45) is 5.92 Å². The summed E-state index contributed by atoms with van der Waals surface area (Å²) in [6.07, 6.45) is 10.3. The van der Waals surface area contributed by atoms with Crippen molar-refractivity contribution in [1.82, 2.24) is 5.32 Å². The molecule has 0 aliphatic heterocycles. The van der Waals surface area contributed by atoms with Crippen LogP contribution in [0.5, 0.6) is 0 Å². The minimum Gasteiger partial charge on any atom is -0.316 e. The zero-order valence-corrected chi connectivity index (χ0v) is 16.5. The molecule has 0 radical (unpaired) electrons. The molecule has 1 fully saturated rings. The van der Waals surface area contributed by atoms with Crippen LogP contribution in [0.25, 0.3) is 0 Å². The molecule has 25 heavy (non-hydrogen) atoms. The van der Waals surface area contributed by atoms with Gasteiger partial charge in [-0.15, -0.1) is 0 Å². The molecule has 0 bridgehead atoms. The van der Waals surface area contributed by atoms with Gasteiger partial charge in [0.05, 0.1) is 7.18 Å². The molecular formula is C23H36FN. The van der Waals surface area contributed by atoms with Crippen molar-refractivity contribution in [3.8, 4) is 0 Å². The second kappa shape index (κ2) is 9.52. The first-order valence-electron chi connectivity index (χ1n) is 9.99. The number of rotatable bonds is 8. The number of nitrogens with one attached hydrogen (secondary N) is 1. The van der Waals surface area contributed by atoms with E-state index >= 15 is 0 Å². The molecule has 1 atom stereocenters. The van der Waals surface area contributed by atoms with Crippen LogP contribution in [0.3, 0.4) is 0 Å². The molecule has 0 unspecified atom stereocenters. The summed E-state index contributed by atoms with van der Waals surface area (Å²) < 4.78 is 9.50. The molecular weight excluding hydrogens is 309 g/mol. The van der Waals surface area contributed by atoms with Gasteiger partial charge < -0.3 is 5.32 Å². The summed E-state index contributed by atoms with van der Waals surface area (Å²) in [6.45, 7) is 11.3. The zero-order chi connectivity index (χ0) is 18.3. The Morgan fingerprint density at radius 2 is 2.08 bits per heavy atom. The number of halogens is 1. The Morgan fingerprint density at radius 1 is 1.32 bits per heavy atom. The SMILES string of the molecule is C=C(CC)C[C@@]1(CCNCC2CC2)CCCc2cccc(C)c21.CF. The van der Waals surface area contributed by atoms with Crippen molar-refractivity contribution in [3.05, 3.63) is 47.0 Å². The maximum atomic E-state index is 9.50. The van der Waals surface area contributed by atoms with Gasteiger partial charge in [0.2, 0.25) is 0 Å². The number of benzene rings is 1. The lowest BCUT2D eigenvalue weighted by molar-refractivity contribution is 0.320. The number of fused-ring (bicyclic) bond motifs is 1. The minimum absolute atomic E-state index is 0.322. The van der Waals surface area contributed by atoms with E-state index < -0.39 is 0 Å². The second-order valence-corrected chi connectivity index (χ2v) is 7.92. The molecule has 1 aromatic carbocycles. The third-order valence-electron chi connectivity index (χ3n) is 5.99. The van der Waals surface area contributed by atoms with Gasteiger partial charge in [0.1, 0.15) is 0 Å². The molecule has 1 nitrogen and oxygen atoms in total. The molecule has 2 heteroatoms. The van der Waals surface area contributed by atoms with Gasteiger partial charge in [-0.2, -0.15) is 0 Å².